The van der Waals surface area contributed by atoms with Crippen LogP contribution in [0, 0.1) is 0 Å². The molecule has 0 aromatic carbocycles. The van der Waals surface area contributed by atoms with Crippen LogP contribution in [0.25, 0.3) is 0 Å². The number of rotatable bonds is 9. The van der Waals surface area contributed by atoms with Gasteiger partial charge >= 0.3 is 0 Å². The molecule has 1 aromatic rings. The van der Waals surface area contributed by atoms with Crippen molar-refractivity contribution in [2.24, 2.45) is 7.05 Å². The minimum atomic E-state index is -3.42. The molecule has 0 amide bonds. The molecular formula is C14H27N3O2S2. The van der Waals surface area contributed by atoms with Gasteiger partial charge in [0.15, 0.2) is 0 Å². The van der Waals surface area contributed by atoms with Crippen molar-refractivity contribution < 1.29 is 8.42 Å². The highest BCUT2D eigenvalue weighted by Crippen LogP contribution is 2.20. The van der Waals surface area contributed by atoms with Gasteiger partial charge in [-0.1, -0.05) is 6.92 Å². The van der Waals surface area contributed by atoms with Crippen LogP contribution in [0.4, 0.5) is 0 Å². The van der Waals surface area contributed by atoms with Gasteiger partial charge in [0.1, 0.15) is 4.90 Å². The third-order valence-corrected chi connectivity index (χ3v) is 6.27. The fourth-order valence-corrected chi connectivity index (χ4v) is 4.29. The van der Waals surface area contributed by atoms with E-state index in [1.807, 2.05) is 24.8 Å². The Bertz CT molecular complexity index is 540. The molecule has 0 bridgehead atoms. The average molecular weight is 334 g/mol. The Morgan fingerprint density at radius 2 is 2.14 bits per heavy atom. The van der Waals surface area contributed by atoms with Gasteiger partial charge in [-0.3, -0.25) is 0 Å². The molecule has 0 radical (unpaired) electrons. The summed E-state index contributed by atoms with van der Waals surface area (Å²) in [7, 11) is 0.112. The smallest absolute Gasteiger partial charge is 0.244 e. The van der Waals surface area contributed by atoms with E-state index >= 15 is 0 Å². The highest BCUT2D eigenvalue weighted by molar-refractivity contribution is 7.98. The number of aryl methyl sites for hydroxylation is 1. The van der Waals surface area contributed by atoms with Crippen molar-refractivity contribution in [2.75, 3.05) is 25.6 Å². The minimum absolute atomic E-state index is 0.0214. The van der Waals surface area contributed by atoms with Crippen LogP contribution in [0.3, 0.4) is 0 Å². The van der Waals surface area contributed by atoms with Crippen LogP contribution in [0.15, 0.2) is 17.2 Å². The number of thioether (sulfide) groups is 1. The van der Waals surface area contributed by atoms with Crippen molar-refractivity contribution in [3.05, 3.63) is 18.0 Å². The summed E-state index contributed by atoms with van der Waals surface area (Å²) in [6.07, 6.45) is 4.74. The molecule has 21 heavy (non-hydrogen) atoms. The lowest BCUT2D eigenvalue weighted by Crippen LogP contribution is -2.36. The second kappa shape index (κ2) is 8.22. The monoisotopic (exact) mass is 333 g/mol. The lowest BCUT2D eigenvalue weighted by Gasteiger charge is -2.23. The van der Waals surface area contributed by atoms with Crippen LogP contribution in [0.5, 0.6) is 0 Å². The largest absolute Gasteiger partial charge is 0.352 e. The van der Waals surface area contributed by atoms with Crippen LogP contribution in [0.2, 0.25) is 0 Å². The predicted octanol–water partition coefficient (Wildman–Crippen LogP) is 1.90. The number of sulfonamides is 1. The summed E-state index contributed by atoms with van der Waals surface area (Å²) in [6.45, 7) is 5.65. The van der Waals surface area contributed by atoms with Gasteiger partial charge in [-0.05, 0) is 32.2 Å². The van der Waals surface area contributed by atoms with E-state index in [4.69, 9.17) is 0 Å². The molecule has 0 spiro atoms. The van der Waals surface area contributed by atoms with E-state index in [1.54, 1.807) is 31.1 Å². The maximum absolute atomic E-state index is 12.6. The van der Waals surface area contributed by atoms with Crippen LogP contribution < -0.4 is 5.32 Å². The van der Waals surface area contributed by atoms with Gasteiger partial charge in [-0.2, -0.15) is 16.1 Å². The van der Waals surface area contributed by atoms with Crippen molar-refractivity contribution in [1.29, 1.82) is 0 Å². The van der Waals surface area contributed by atoms with Crippen LogP contribution in [0.1, 0.15) is 26.0 Å². The van der Waals surface area contributed by atoms with Gasteiger partial charge in [0.25, 0.3) is 0 Å². The second-order valence-electron chi connectivity index (χ2n) is 5.28. The van der Waals surface area contributed by atoms with Crippen molar-refractivity contribution in [2.45, 2.75) is 37.8 Å². The molecule has 7 heteroatoms. The molecule has 0 fully saturated rings. The van der Waals surface area contributed by atoms with Gasteiger partial charge in [0.05, 0.1) is 0 Å². The SMILES string of the molecule is CCCNCc1cc(S(=O)(=O)N(C)C(C)CSC)cn1C. The van der Waals surface area contributed by atoms with Crippen LogP contribution >= 0.6 is 11.8 Å². The van der Waals surface area contributed by atoms with E-state index in [0.29, 0.717) is 11.4 Å². The molecule has 0 saturated carbocycles. The number of nitrogens with one attached hydrogen (secondary N) is 1. The zero-order valence-corrected chi connectivity index (χ0v) is 15.2. The van der Waals surface area contributed by atoms with Crippen molar-refractivity contribution in [3.63, 3.8) is 0 Å². The van der Waals surface area contributed by atoms with Crippen molar-refractivity contribution in [3.8, 4) is 0 Å². The molecule has 1 unspecified atom stereocenters. The summed E-state index contributed by atoms with van der Waals surface area (Å²) in [6, 6.07) is 1.74. The van der Waals surface area contributed by atoms with E-state index in [9.17, 15) is 8.42 Å². The molecule has 1 atom stereocenters. The normalized spacial score (nSPS) is 13.8. The first-order chi connectivity index (χ1) is 9.84. The first-order valence-corrected chi connectivity index (χ1v) is 10.0. The molecule has 0 saturated heterocycles. The van der Waals surface area contributed by atoms with Crippen LogP contribution in [-0.4, -0.2) is 48.9 Å². The summed E-state index contributed by atoms with van der Waals surface area (Å²) in [4.78, 5) is 0.369. The van der Waals surface area contributed by atoms with Gasteiger partial charge in [-0.25, -0.2) is 8.42 Å². The highest BCUT2D eigenvalue weighted by Gasteiger charge is 2.26. The van der Waals surface area contributed by atoms with Gasteiger partial charge in [0, 0.05) is 44.3 Å². The fourth-order valence-electron chi connectivity index (χ4n) is 2.04. The molecule has 122 valence electrons. The Hall–Kier alpha value is -0.500. The molecule has 0 aliphatic carbocycles. The number of hydrogen-bond acceptors (Lipinski definition) is 4. The minimum Gasteiger partial charge on any atom is -0.352 e. The third-order valence-electron chi connectivity index (χ3n) is 3.52. The van der Waals surface area contributed by atoms with Gasteiger partial charge < -0.3 is 9.88 Å². The molecular weight excluding hydrogens is 306 g/mol. The molecule has 0 aliphatic heterocycles. The van der Waals surface area contributed by atoms with E-state index in [2.05, 4.69) is 12.2 Å². The first-order valence-electron chi connectivity index (χ1n) is 7.17. The predicted molar refractivity (Wildman–Crippen MR) is 90.2 cm³/mol. The third kappa shape index (κ3) is 4.74. The molecule has 1 rings (SSSR count). The second-order valence-corrected chi connectivity index (χ2v) is 8.19. The Morgan fingerprint density at radius 3 is 2.71 bits per heavy atom. The number of hydrogen-bond donors (Lipinski definition) is 1. The quantitative estimate of drug-likeness (QED) is 0.701. The molecule has 1 N–H and O–H groups in total. The summed E-state index contributed by atoms with van der Waals surface area (Å²) < 4.78 is 28.6. The summed E-state index contributed by atoms with van der Waals surface area (Å²) >= 11 is 1.65. The Kier molecular flexibility index (Phi) is 7.26. The van der Waals surface area contributed by atoms with Crippen LogP contribution in [-0.2, 0) is 23.6 Å². The standard InChI is InChI=1S/C14H27N3O2S2/c1-6-7-15-9-13-8-14(10-16(13)3)21(18,19)17(4)12(2)11-20-5/h8,10,12,15H,6-7,9,11H2,1-5H3. The molecule has 1 aromatic heterocycles. The Labute approximate surface area is 133 Å². The number of nitrogens with zero attached hydrogens (tertiary/aromatic N) is 2. The Balaban J connectivity index is 2.91. The van der Waals surface area contributed by atoms with Crippen molar-refractivity contribution in [1.82, 2.24) is 14.2 Å². The number of aromatic nitrogens is 1. The van der Waals surface area contributed by atoms with E-state index in [-0.39, 0.29) is 6.04 Å². The average Bonchev–Trinajstić information content (AvgIpc) is 2.81. The van der Waals surface area contributed by atoms with E-state index in [0.717, 1.165) is 24.4 Å². The first kappa shape index (κ1) is 18.5. The van der Waals surface area contributed by atoms with Gasteiger partial charge in [0.2, 0.25) is 10.0 Å². The Morgan fingerprint density at radius 1 is 1.48 bits per heavy atom. The highest BCUT2D eigenvalue weighted by atomic mass is 32.2. The summed E-state index contributed by atoms with van der Waals surface area (Å²) in [5.41, 5.74) is 0.980. The molecule has 0 aliphatic rings. The maximum Gasteiger partial charge on any atom is 0.244 e. The van der Waals surface area contributed by atoms with E-state index < -0.39 is 10.0 Å². The topological polar surface area (TPSA) is 54.3 Å². The molecule has 5 nitrogen and oxygen atoms in total. The summed E-state index contributed by atoms with van der Waals surface area (Å²) in [5, 5.41) is 3.30. The lowest BCUT2D eigenvalue weighted by molar-refractivity contribution is 0.415. The zero-order chi connectivity index (χ0) is 16.0. The maximum atomic E-state index is 12.6. The fraction of sp³-hybridized carbons (Fsp3) is 0.714. The zero-order valence-electron chi connectivity index (χ0n) is 13.6. The lowest BCUT2D eigenvalue weighted by atomic mass is 10.4. The van der Waals surface area contributed by atoms with Crippen molar-refractivity contribution >= 4 is 21.8 Å². The van der Waals surface area contributed by atoms with Gasteiger partial charge in [-0.15, -0.1) is 0 Å². The summed E-state index contributed by atoms with van der Waals surface area (Å²) in [5.74, 6) is 0.785. The van der Waals surface area contributed by atoms with E-state index in [1.165, 1.54) is 4.31 Å². The molecule has 1 heterocycles.